The smallest absolute Gasteiger partial charge is 0.314 e. The predicted octanol–water partition coefficient (Wildman–Crippen LogP) is 0.732. The lowest BCUT2D eigenvalue weighted by atomic mass is 10.3. The van der Waals surface area contributed by atoms with E-state index in [4.69, 9.17) is 15.9 Å². The van der Waals surface area contributed by atoms with Crippen molar-refractivity contribution in [3.63, 3.8) is 0 Å². The molecule has 1 N–H and O–H groups in total. The van der Waals surface area contributed by atoms with Gasteiger partial charge in [0.05, 0.1) is 24.6 Å². The molecule has 7 nitrogen and oxygen atoms in total. The van der Waals surface area contributed by atoms with E-state index in [2.05, 4.69) is 11.2 Å². The molecule has 1 rings (SSSR count). The Morgan fingerprint density at radius 1 is 1.58 bits per heavy atom. The second-order valence-corrected chi connectivity index (χ2v) is 3.36. The van der Waals surface area contributed by atoms with Crippen LogP contribution in [0.2, 0.25) is 0 Å². The number of nitrogens with one attached hydrogen (secondary N) is 1. The molecule has 0 bridgehead atoms. The van der Waals surface area contributed by atoms with Gasteiger partial charge in [-0.05, 0) is 12.1 Å². The number of carbonyl (C=O) groups excluding carboxylic acids is 1. The molecular formula is C12H12N2O5. The van der Waals surface area contributed by atoms with Gasteiger partial charge in [-0.1, -0.05) is 5.92 Å². The predicted molar refractivity (Wildman–Crippen MR) is 67.0 cm³/mol. The maximum Gasteiger partial charge on any atom is 0.314 e. The Hall–Kier alpha value is -2.75. The van der Waals surface area contributed by atoms with Gasteiger partial charge in [0.1, 0.15) is 5.75 Å². The van der Waals surface area contributed by atoms with Gasteiger partial charge in [-0.25, -0.2) is 0 Å². The zero-order valence-electron chi connectivity index (χ0n) is 10.2. The Kier molecular flexibility index (Phi) is 5.17. The van der Waals surface area contributed by atoms with Crippen LogP contribution in [0.1, 0.15) is 0 Å². The highest BCUT2D eigenvalue weighted by Gasteiger charge is 2.16. The summed E-state index contributed by atoms with van der Waals surface area (Å²) in [6, 6.07) is 4.06. The van der Waals surface area contributed by atoms with Crippen molar-refractivity contribution in [1.29, 1.82) is 0 Å². The van der Waals surface area contributed by atoms with E-state index in [0.717, 1.165) is 0 Å². The highest BCUT2D eigenvalue weighted by molar-refractivity contribution is 5.77. The number of ether oxygens (including phenoxy) is 2. The molecular weight excluding hydrogens is 252 g/mol. The number of hydrogen-bond acceptors (Lipinski definition) is 5. The average Bonchev–Trinajstić information content (AvgIpc) is 2.42. The maximum atomic E-state index is 11.2. The fraction of sp³-hybridized carbons (Fsp3) is 0.250. The Morgan fingerprint density at radius 2 is 2.32 bits per heavy atom. The van der Waals surface area contributed by atoms with Crippen molar-refractivity contribution in [1.82, 2.24) is 5.32 Å². The summed E-state index contributed by atoms with van der Waals surface area (Å²) in [5, 5.41) is 13.2. The molecule has 0 aliphatic carbocycles. The van der Waals surface area contributed by atoms with Crippen molar-refractivity contribution in [2.45, 2.75) is 0 Å². The van der Waals surface area contributed by atoms with E-state index in [1.807, 2.05) is 0 Å². The van der Waals surface area contributed by atoms with Gasteiger partial charge in [-0.2, -0.15) is 0 Å². The van der Waals surface area contributed by atoms with Gasteiger partial charge in [0, 0.05) is 0 Å². The van der Waals surface area contributed by atoms with E-state index in [-0.39, 0.29) is 30.3 Å². The lowest BCUT2D eigenvalue weighted by Gasteiger charge is -2.07. The number of hydrogen-bond donors (Lipinski definition) is 1. The first-order valence-electron chi connectivity index (χ1n) is 5.24. The third kappa shape index (κ3) is 4.20. The van der Waals surface area contributed by atoms with Gasteiger partial charge in [0.2, 0.25) is 0 Å². The average molecular weight is 264 g/mol. The van der Waals surface area contributed by atoms with Crippen molar-refractivity contribution in [2.24, 2.45) is 0 Å². The molecule has 0 spiro atoms. The van der Waals surface area contributed by atoms with Crippen LogP contribution >= 0.6 is 0 Å². The van der Waals surface area contributed by atoms with Gasteiger partial charge in [0.15, 0.2) is 12.4 Å². The van der Waals surface area contributed by atoms with E-state index < -0.39 is 10.8 Å². The molecule has 1 amide bonds. The van der Waals surface area contributed by atoms with Gasteiger partial charge in [-0.15, -0.1) is 6.42 Å². The molecule has 19 heavy (non-hydrogen) atoms. The fourth-order valence-electron chi connectivity index (χ4n) is 1.25. The SMILES string of the molecule is C#CCNC(=O)COc1ccc(OC)c([N+](=O)[O-])c1. The number of methoxy groups -OCH3 is 1. The maximum absolute atomic E-state index is 11.2. The quantitative estimate of drug-likeness (QED) is 0.464. The van der Waals surface area contributed by atoms with Crippen molar-refractivity contribution in [3.8, 4) is 23.8 Å². The highest BCUT2D eigenvalue weighted by atomic mass is 16.6. The van der Waals surface area contributed by atoms with Crippen LogP contribution in [-0.4, -0.2) is 31.1 Å². The summed E-state index contributed by atoms with van der Waals surface area (Å²) < 4.78 is 9.96. The molecule has 0 aliphatic rings. The zero-order valence-corrected chi connectivity index (χ0v) is 10.2. The molecule has 7 heteroatoms. The molecule has 0 fully saturated rings. The Bertz CT molecular complexity index is 521. The molecule has 0 saturated carbocycles. The Balaban J connectivity index is 2.70. The number of nitro benzene ring substituents is 1. The van der Waals surface area contributed by atoms with Crippen LogP contribution in [0.3, 0.4) is 0 Å². The van der Waals surface area contributed by atoms with Gasteiger partial charge < -0.3 is 14.8 Å². The van der Waals surface area contributed by atoms with Crippen LogP contribution in [-0.2, 0) is 4.79 Å². The molecule has 0 aliphatic heterocycles. The Labute approximate surface area is 109 Å². The van der Waals surface area contributed by atoms with E-state index in [1.54, 1.807) is 0 Å². The fourth-order valence-corrected chi connectivity index (χ4v) is 1.25. The first-order chi connectivity index (χ1) is 9.08. The molecule has 0 aromatic heterocycles. The first-order valence-corrected chi connectivity index (χ1v) is 5.24. The van der Waals surface area contributed by atoms with Gasteiger partial charge in [0.25, 0.3) is 5.91 Å². The van der Waals surface area contributed by atoms with Crippen LogP contribution in [0.15, 0.2) is 18.2 Å². The largest absolute Gasteiger partial charge is 0.490 e. The second kappa shape index (κ2) is 6.86. The topological polar surface area (TPSA) is 90.7 Å². The lowest BCUT2D eigenvalue weighted by molar-refractivity contribution is -0.385. The van der Waals surface area contributed by atoms with Gasteiger partial charge >= 0.3 is 5.69 Å². The van der Waals surface area contributed by atoms with Gasteiger partial charge in [-0.3, -0.25) is 14.9 Å². The van der Waals surface area contributed by atoms with Crippen LogP contribution in [0.25, 0.3) is 0 Å². The number of benzene rings is 1. The minimum Gasteiger partial charge on any atom is -0.490 e. The minimum atomic E-state index is -0.593. The van der Waals surface area contributed by atoms with E-state index in [1.165, 1.54) is 25.3 Å². The van der Waals surface area contributed by atoms with Crippen molar-refractivity contribution in [3.05, 3.63) is 28.3 Å². The summed E-state index contributed by atoms with van der Waals surface area (Å²) >= 11 is 0. The molecule has 1 aromatic rings. The molecule has 0 heterocycles. The van der Waals surface area contributed by atoms with Crippen molar-refractivity contribution >= 4 is 11.6 Å². The third-order valence-electron chi connectivity index (χ3n) is 2.10. The number of amides is 1. The number of terminal acetylenes is 1. The Morgan fingerprint density at radius 3 is 2.89 bits per heavy atom. The van der Waals surface area contributed by atoms with E-state index in [9.17, 15) is 14.9 Å². The summed E-state index contributed by atoms with van der Waals surface area (Å²) in [5.41, 5.74) is -0.232. The van der Waals surface area contributed by atoms with E-state index in [0.29, 0.717) is 0 Å². The number of nitro groups is 1. The third-order valence-corrected chi connectivity index (χ3v) is 2.10. The number of carbonyl (C=O) groups is 1. The van der Waals surface area contributed by atoms with Crippen LogP contribution < -0.4 is 14.8 Å². The molecule has 0 atom stereocenters. The summed E-state index contributed by atoms with van der Waals surface area (Å²) in [6.45, 7) is -0.171. The normalized spacial score (nSPS) is 9.26. The summed E-state index contributed by atoms with van der Waals surface area (Å²) in [7, 11) is 1.33. The standard InChI is InChI=1S/C12H12N2O5/c1-3-6-13-12(15)8-19-9-4-5-11(18-2)10(7-9)14(16)17/h1,4-5,7H,6,8H2,2H3,(H,13,15). The van der Waals surface area contributed by atoms with E-state index >= 15 is 0 Å². The highest BCUT2D eigenvalue weighted by Crippen LogP contribution is 2.30. The minimum absolute atomic E-state index is 0.102. The lowest BCUT2D eigenvalue weighted by Crippen LogP contribution is -2.29. The summed E-state index contributed by atoms with van der Waals surface area (Å²) in [5.74, 6) is 2.15. The van der Waals surface area contributed by atoms with Crippen molar-refractivity contribution in [2.75, 3.05) is 20.3 Å². The first kappa shape index (κ1) is 14.3. The number of rotatable bonds is 6. The van der Waals surface area contributed by atoms with Crippen LogP contribution in [0, 0.1) is 22.5 Å². The molecule has 0 radical (unpaired) electrons. The van der Waals surface area contributed by atoms with Crippen molar-refractivity contribution < 1.29 is 19.2 Å². The molecule has 1 aromatic carbocycles. The summed E-state index contributed by atoms with van der Waals surface area (Å²) in [4.78, 5) is 21.4. The number of nitrogens with zero attached hydrogens (tertiary/aromatic N) is 1. The summed E-state index contributed by atoms with van der Waals surface area (Å²) in [6.07, 6.45) is 4.97. The second-order valence-electron chi connectivity index (χ2n) is 3.36. The molecule has 0 saturated heterocycles. The van der Waals surface area contributed by atoms with Crippen LogP contribution in [0.5, 0.6) is 11.5 Å². The molecule has 100 valence electrons. The van der Waals surface area contributed by atoms with Crippen LogP contribution in [0.4, 0.5) is 5.69 Å². The molecule has 0 unspecified atom stereocenters. The zero-order chi connectivity index (χ0) is 14.3. The monoisotopic (exact) mass is 264 g/mol.